The first-order valence-corrected chi connectivity index (χ1v) is 6.50. The highest BCUT2D eigenvalue weighted by Crippen LogP contribution is 2.21. The third-order valence-electron chi connectivity index (χ3n) is 3.03. The average molecular weight is 272 g/mol. The number of rotatable bonds is 5. The van der Waals surface area contributed by atoms with E-state index >= 15 is 0 Å². The van der Waals surface area contributed by atoms with Crippen LogP contribution in [0.15, 0.2) is 30.3 Å². The maximum absolute atomic E-state index is 5.24. The zero-order chi connectivity index (χ0) is 14.5. The number of benzene rings is 1. The largest absolute Gasteiger partial charge is 0.497 e. The molecule has 1 heterocycles. The van der Waals surface area contributed by atoms with Gasteiger partial charge in [-0.05, 0) is 19.1 Å². The first kappa shape index (κ1) is 14.1. The summed E-state index contributed by atoms with van der Waals surface area (Å²) in [5, 5.41) is 3.05. The van der Waals surface area contributed by atoms with Crippen LogP contribution in [0.2, 0.25) is 0 Å². The van der Waals surface area contributed by atoms with E-state index in [-0.39, 0.29) is 0 Å². The van der Waals surface area contributed by atoms with Crippen LogP contribution in [0.3, 0.4) is 0 Å². The third kappa shape index (κ3) is 3.38. The lowest BCUT2D eigenvalue weighted by Crippen LogP contribution is -2.19. The second-order valence-corrected chi connectivity index (χ2v) is 4.62. The van der Waals surface area contributed by atoms with Gasteiger partial charge in [0.2, 0.25) is 0 Å². The summed E-state index contributed by atoms with van der Waals surface area (Å²) in [4.78, 5) is 11.0. The topological polar surface area (TPSA) is 50.3 Å². The molecule has 0 aliphatic carbocycles. The normalized spacial score (nSPS) is 10.2. The van der Waals surface area contributed by atoms with Gasteiger partial charge in [-0.1, -0.05) is 6.07 Å². The van der Waals surface area contributed by atoms with Crippen LogP contribution in [-0.4, -0.2) is 31.2 Å². The standard InChI is InChI=1S/C15H20N4O/c1-11-8-14(16-2)18-15(17-11)10-19(3)12-6-5-7-13(9-12)20-4/h5-9H,10H2,1-4H3,(H,16,17,18). The zero-order valence-corrected chi connectivity index (χ0v) is 12.3. The Morgan fingerprint density at radius 2 is 2.05 bits per heavy atom. The second kappa shape index (κ2) is 6.23. The Balaban J connectivity index is 2.18. The third-order valence-corrected chi connectivity index (χ3v) is 3.03. The lowest BCUT2D eigenvalue weighted by atomic mass is 10.2. The summed E-state index contributed by atoms with van der Waals surface area (Å²) in [6.07, 6.45) is 0. The van der Waals surface area contributed by atoms with Crippen molar-refractivity contribution in [3.8, 4) is 5.75 Å². The molecule has 5 nitrogen and oxygen atoms in total. The van der Waals surface area contributed by atoms with E-state index in [1.54, 1.807) is 7.11 Å². The van der Waals surface area contributed by atoms with Crippen LogP contribution in [0.4, 0.5) is 11.5 Å². The Labute approximate surface area is 119 Å². The molecule has 0 atom stereocenters. The molecule has 0 radical (unpaired) electrons. The molecule has 2 aromatic rings. The Kier molecular flexibility index (Phi) is 4.40. The Morgan fingerprint density at radius 3 is 2.75 bits per heavy atom. The van der Waals surface area contributed by atoms with Gasteiger partial charge in [0.1, 0.15) is 17.4 Å². The smallest absolute Gasteiger partial charge is 0.150 e. The lowest BCUT2D eigenvalue weighted by Gasteiger charge is -2.19. The Bertz CT molecular complexity index is 586. The van der Waals surface area contributed by atoms with Gasteiger partial charge in [0.15, 0.2) is 0 Å². The highest BCUT2D eigenvalue weighted by molar-refractivity contribution is 5.50. The molecule has 2 rings (SSSR count). The van der Waals surface area contributed by atoms with Gasteiger partial charge >= 0.3 is 0 Å². The minimum atomic E-state index is 0.642. The molecule has 0 unspecified atom stereocenters. The number of aryl methyl sites for hydroxylation is 1. The number of anilines is 2. The summed E-state index contributed by atoms with van der Waals surface area (Å²) < 4.78 is 5.24. The number of nitrogens with zero attached hydrogens (tertiary/aromatic N) is 3. The average Bonchev–Trinajstić information content (AvgIpc) is 2.46. The van der Waals surface area contributed by atoms with Crippen molar-refractivity contribution in [2.75, 3.05) is 31.4 Å². The van der Waals surface area contributed by atoms with Gasteiger partial charge < -0.3 is 15.0 Å². The Hall–Kier alpha value is -2.30. The van der Waals surface area contributed by atoms with E-state index in [4.69, 9.17) is 4.74 Å². The van der Waals surface area contributed by atoms with E-state index in [1.165, 1.54) is 0 Å². The van der Waals surface area contributed by atoms with Gasteiger partial charge in [0.05, 0.1) is 13.7 Å². The maximum atomic E-state index is 5.24. The van der Waals surface area contributed by atoms with Crippen molar-refractivity contribution < 1.29 is 4.74 Å². The first-order chi connectivity index (χ1) is 9.62. The minimum Gasteiger partial charge on any atom is -0.497 e. The molecule has 1 N–H and O–H groups in total. The molecule has 0 aliphatic heterocycles. The summed E-state index contributed by atoms with van der Waals surface area (Å²) >= 11 is 0. The van der Waals surface area contributed by atoms with Crippen molar-refractivity contribution >= 4 is 11.5 Å². The monoisotopic (exact) mass is 272 g/mol. The van der Waals surface area contributed by atoms with Crippen LogP contribution in [0.5, 0.6) is 5.75 Å². The number of ether oxygens (including phenoxy) is 1. The van der Waals surface area contributed by atoms with Crippen LogP contribution >= 0.6 is 0 Å². The van der Waals surface area contributed by atoms with Crippen LogP contribution < -0.4 is 15.0 Å². The van der Waals surface area contributed by atoms with E-state index in [0.717, 1.165) is 28.8 Å². The van der Waals surface area contributed by atoms with Crippen molar-refractivity contribution in [1.82, 2.24) is 9.97 Å². The van der Waals surface area contributed by atoms with Crippen LogP contribution in [0, 0.1) is 6.92 Å². The Morgan fingerprint density at radius 1 is 1.25 bits per heavy atom. The lowest BCUT2D eigenvalue weighted by molar-refractivity contribution is 0.415. The number of nitrogens with one attached hydrogen (secondary N) is 1. The van der Waals surface area contributed by atoms with Gasteiger partial charge in [0.25, 0.3) is 0 Å². The quantitative estimate of drug-likeness (QED) is 0.906. The van der Waals surface area contributed by atoms with Crippen molar-refractivity contribution in [1.29, 1.82) is 0 Å². The fraction of sp³-hybridized carbons (Fsp3) is 0.333. The second-order valence-electron chi connectivity index (χ2n) is 4.62. The van der Waals surface area contributed by atoms with Gasteiger partial charge in [0, 0.05) is 37.6 Å². The van der Waals surface area contributed by atoms with E-state index < -0.39 is 0 Å². The molecule has 20 heavy (non-hydrogen) atoms. The molecular formula is C15H20N4O. The van der Waals surface area contributed by atoms with E-state index in [9.17, 15) is 0 Å². The SMILES string of the molecule is CNc1cc(C)nc(CN(C)c2cccc(OC)c2)n1. The van der Waals surface area contributed by atoms with E-state index in [1.807, 2.05) is 51.4 Å². The predicted octanol–water partition coefficient (Wildman–Crippen LogP) is 2.47. The molecular weight excluding hydrogens is 252 g/mol. The highest BCUT2D eigenvalue weighted by Gasteiger charge is 2.07. The number of hydrogen-bond donors (Lipinski definition) is 1. The van der Waals surface area contributed by atoms with Crippen molar-refractivity contribution in [2.45, 2.75) is 13.5 Å². The van der Waals surface area contributed by atoms with Crippen molar-refractivity contribution in [2.24, 2.45) is 0 Å². The zero-order valence-electron chi connectivity index (χ0n) is 12.3. The van der Waals surface area contributed by atoms with Crippen LogP contribution in [0.25, 0.3) is 0 Å². The fourth-order valence-electron chi connectivity index (χ4n) is 1.98. The number of aromatic nitrogens is 2. The molecule has 0 bridgehead atoms. The molecule has 0 saturated carbocycles. The molecule has 0 aliphatic rings. The molecule has 5 heteroatoms. The molecule has 1 aromatic carbocycles. The fourth-order valence-corrected chi connectivity index (χ4v) is 1.98. The summed E-state index contributed by atoms with van der Waals surface area (Å²) in [6, 6.07) is 9.86. The summed E-state index contributed by atoms with van der Waals surface area (Å²) in [7, 11) is 5.54. The molecule has 0 amide bonds. The molecule has 0 fully saturated rings. The van der Waals surface area contributed by atoms with Gasteiger partial charge in [-0.15, -0.1) is 0 Å². The summed E-state index contributed by atoms with van der Waals surface area (Å²) in [6.45, 7) is 2.61. The van der Waals surface area contributed by atoms with Crippen molar-refractivity contribution in [3.05, 3.63) is 41.9 Å². The minimum absolute atomic E-state index is 0.642. The van der Waals surface area contributed by atoms with E-state index in [2.05, 4.69) is 20.2 Å². The number of hydrogen-bond acceptors (Lipinski definition) is 5. The molecule has 0 spiro atoms. The van der Waals surface area contributed by atoms with Crippen LogP contribution in [-0.2, 0) is 6.54 Å². The van der Waals surface area contributed by atoms with Gasteiger partial charge in [-0.25, -0.2) is 9.97 Å². The number of methoxy groups -OCH3 is 1. The maximum Gasteiger partial charge on any atom is 0.150 e. The van der Waals surface area contributed by atoms with Crippen LogP contribution in [0.1, 0.15) is 11.5 Å². The summed E-state index contributed by atoms with van der Waals surface area (Å²) in [5.74, 6) is 2.47. The van der Waals surface area contributed by atoms with Gasteiger partial charge in [-0.2, -0.15) is 0 Å². The first-order valence-electron chi connectivity index (χ1n) is 6.50. The predicted molar refractivity (Wildman–Crippen MR) is 81.4 cm³/mol. The molecule has 0 saturated heterocycles. The summed E-state index contributed by atoms with van der Waals surface area (Å²) in [5.41, 5.74) is 2.03. The molecule has 1 aromatic heterocycles. The van der Waals surface area contributed by atoms with Crippen molar-refractivity contribution in [3.63, 3.8) is 0 Å². The van der Waals surface area contributed by atoms with Gasteiger partial charge in [-0.3, -0.25) is 0 Å². The highest BCUT2D eigenvalue weighted by atomic mass is 16.5. The van der Waals surface area contributed by atoms with E-state index in [0.29, 0.717) is 6.54 Å². The molecule has 106 valence electrons.